The number of aromatic nitrogens is 2. The van der Waals surface area contributed by atoms with E-state index in [-0.39, 0.29) is 11.9 Å². The summed E-state index contributed by atoms with van der Waals surface area (Å²) in [4.78, 5) is 12.2. The van der Waals surface area contributed by atoms with Crippen LogP contribution in [0.15, 0.2) is 21.9 Å². The lowest BCUT2D eigenvalue weighted by molar-refractivity contribution is -0.116. The number of amides is 1. The number of nitrogens with one attached hydrogen (secondary N) is 1. The van der Waals surface area contributed by atoms with Gasteiger partial charge in [0, 0.05) is 6.42 Å². The van der Waals surface area contributed by atoms with Gasteiger partial charge in [0.05, 0.1) is 4.88 Å². The van der Waals surface area contributed by atoms with Crippen molar-refractivity contribution in [1.29, 1.82) is 0 Å². The van der Waals surface area contributed by atoms with Crippen molar-refractivity contribution in [2.75, 3.05) is 5.32 Å². The van der Waals surface area contributed by atoms with Crippen LogP contribution >= 0.6 is 11.3 Å². The molecule has 0 atom stereocenters. The Morgan fingerprint density at radius 2 is 2.44 bits per heavy atom. The van der Waals surface area contributed by atoms with Gasteiger partial charge in [-0.15, -0.1) is 16.4 Å². The van der Waals surface area contributed by atoms with Gasteiger partial charge >= 0.3 is 6.01 Å². The summed E-state index contributed by atoms with van der Waals surface area (Å²) in [6.07, 6.45) is 1.24. The number of hydrogen-bond donors (Lipinski definition) is 1. The van der Waals surface area contributed by atoms with Crippen LogP contribution in [0.25, 0.3) is 10.8 Å². The highest BCUT2D eigenvalue weighted by atomic mass is 32.1. The molecule has 2 aromatic rings. The van der Waals surface area contributed by atoms with Gasteiger partial charge in [-0.1, -0.05) is 18.1 Å². The maximum Gasteiger partial charge on any atom is 0.322 e. The minimum absolute atomic E-state index is 0.108. The minimum atomic E-state index is -0.108. The van der Waals surface area contributed by atoms with Crippen LogP contribution in [-0.2, 0) is 4.79 Å². The van der Waals surface area contributed by atoms with Gasteiger partial charge in [0.15, 0.2) is 0 Å². The molecule has 0 saturated carbocycles. The van der Waals surface area contributed by atoms with Gasteiger partial charge in [0.2, 0.25) is 5.91 Å². The molecule has 0 bridgehead atoms. The summed E-state index contributed by atoms with van der Waals surface area (Å²) in [5, 5.41) is 12.1. The zero-order chi connectivity index (χ0) is 11.4. The Labute approximate surface area is 96.5 Å². The van der Waals surface area contributed by atoms with Gasteiger partial charge in [-0.2, -0.15) is 0 Å². The van der Waals surface area contributed by atoms with Crippen LogP contribution in [0.1, 0.15) is 19.8 Å². The molecule has 0 radical (unpaired) electrons. The molecule has 0 fully saturated rings. The highest BCUT2D eigenvalue weighted by Gasteiger charge is 2.10. The summed E-state index contributed by atoms with van der Waals surface area (Å²) in [5.41, 5.74) is 0. The van der Waals surface area contributed by atoms with Crippen molar-refractivity contribution >= 4 is 23.3 Å². The number of carbonyl (C=O) groups excluding carboxylic acids is 1. The third kappa shape index (κ3) is 2.46. The molecule has 2 heterocycles. The van der Waals surface area contributed by atoms with Crippen molar-refractivity contribution in [1.82, 2.24) is 10.2 Å². The normalized spacial score (nSPS) is 10.3. The molecule has 0 aromatic carbocycles. The van der Waals surface area contributed by atoms with Crippen molar-refractivity contribution in [3.8, 4) is 10.8 Å². The second-order valence-electron chi connectivity index (χ2n) is 3.19. The monoisotopic (exact) mass is 237 g/mol. The molecule has 0 aliphatic heterocycles. The topological polar surface area (TPSA) is 68.0 Å². The predicted octanol–water partition coefficient (Wildman–Crippen LogP) is 2.54. The highest BCUT2D eigenvalue weighted by molar-refractivity contribution is 7.13. The Morgan fingerprint density at radius 1 is 1.56 bits per heavy atom. The van der Waals surface area contributed by atoms with Crippen LogP contribution in [0.4, 0.5) is 6.01 Å². The van der Waals surface area contributed by atoms with Gasteiger partial charge in [-0.3, -0.25) is 10.1 Å². The van der Waals surface area contributed by atoms with Crippen molar-refractivity contribution in [3.05, 3.63) is 17.5 Å². The summed E-state index contributed by atoms with van der Waals surface area (Å²) in [7, 11) is 0. The summed E-state index contributed by atoms with van der Waals surface area (Å²) in [6, 6.07) is 3.94. The van der Waals surface area contributed by atoms with Gasteiger partial charge in [0.1, 0.15) is 0 Å². The van der Waals surface area contributed by atoms with E-state index < -0.39 is 0 Å². The van der Waals surface area contributed by atoms with Crippen molar-refractivity contribution in [2.45, 2.75) is 19.8 Å². The van der Waals surface area contributed by atoms with Gasteiger partial charge < -0.3 is 4.42 Å². The molecule has 84 valence electrons. The van der Waals surface area contributed by atoms with Crippen LogP contribution in [0.5, 0.6) is 0 Å². The molecule has 1 amide bonds. The van der Waals surface area contributed by atoms with E-state index in [1.165, 1.54) is 11.3 Å². The average molecular weight is 237 g/mol. The van der Waals surface area contributed by atoms with E-state index in [9.17, 15) is 4.79 Å². The van der Waals surface area contributed by atoms with E-state index in [1.54, 1.807) is 0 Å². The number of nitrogens with zero attached hydrogens (tertiary/aromatic N) is 2. The standard InChI is InChI=1S/C10H11N3O2S/c1-2-4-8(14)11-10-13-12-9(15-10)7-5-3-6-16-7/h3,5-6H,2,4H2,1H3,(H,11,13,14). The third-order valence-electron chi connectivity index (χ3n) is 1.88. The maximum absolute atomic E-state index is 11.3. The molecule has 0 spiro atoms. The van der Waals surface area contributed by atoms with Gasteiger partial charge in [0.25, 0.3) is 5.89 Å². The molecule has 5 nitrogen and oxygen atoms in total. The Morgan fingerprint density at radius 3 is 3.12 bits per heavy atom. The lowest BCUT2D eigenvalue weighted by Crippen LogP contribution is -2.10. The largest absolute Gasteiger partial charge is 0.402 e. The Kier molecular flexibility index (Phi) is 3.31. The third-order valence-corrected chi connectivity index (χ3v) is 2.74. The van der Waals surface area contributed by atoms with E-state index in [4.69, 9.17) is 4.42 Å². The van der Waals surface area contributed by atoms with Crippen LogP contribution in [0, 0.1) is 0 Å². The molecular weight excluding hydrogens is 226 g/mol. The molecule has 1 N–H and O–H groups in total. The first kappa shape index (κ1) is 10.8. The predicted molar refractivity (Wildman–Crippen MR) is 61.1 cm³/mol. The van der Waals surface area contributed by atoms with E-state index in [0.717, 1.165) is 11.3 Å². The number of carbonyl (C=O) groups is 1. The fraction of sp³-hybridized carbons (Fsp3) is 0.300. The zero-order valence-corrected chi connectivity index (χ0v) is 9.58. The lowest BCUT2D eigenvalue weighted by Gasteiger charge is -1.96. The van der Waals surface area contributed by atoms with Gasteiger partial charge in [-0.25, -0.2) is 0 Å². The number of anilines is 1. The minimum Gasteiger partial charge on any atom is -0.402 e. The zero-order valence-electron chi connectivity index (χ0n) is 8.77. The summed E-state index contributed by atoms with van der Waals surface area (Å²) in [5.74, 6) is 0.325. The summed E-state index contributed by atoms with van der Waals surface area (Å²) < 4.78 is 5.30. The van der Waals surface area contributed by atoms with E-state index >= 15 is 0 Å². The maximum atomic E-state index is 11.3. The van der Waals surface area contributed by atoms with Crippen LogP contribution in [0.3, 0.4) is 0 Å². The number of thiophene rings is 1. The fourth-order valence-electron chi connectivity index (χ4n) is 1.18. The first-order chi connectivity index (χ1) is 7.79. The molecule has 0 aliphatic rings. The van der Waals surface area contributed by atoms with Crippen LogP contribution < -0.4 is 5.32 Å². The molecule has 0 unspecified atom stereocenters. The second-order valence-corrected chi connectivity index (χ2v) is 4.14. The second kappa shape index (κ2) is 4.89. The van der Waals surface area contributed by atoms with Crippen molar-refractivity contribution in [3.63, 3.8) is 0 Å². The first-order valence-electron chi connectivity index (χ1n) is 4.97. The molecule has 2 aromatic heterocycles. The highest BCUT2D eigenvalue weighted by Crippen LogP contribution is 2.24. The Hall–Kier alpha value is -1.69. The molecule has 2 rings (SSSR count). The van der Waals surface area contributed by atoms with Gasteiger partial charge in [-0.05, 0) is 17.9 Å². The summed E-state index contributed by atoms with van der Waals surface area (Å²) >= 11 is 1.51. The average Bonchev–Trinajstić information content (AvgIpc) is 2.86. The molecule has 6 heteroatoms. The van der Waals surface area contributed by atoms with E-state index in [0.29, 0.717) is 12.3 Å². The Balaban J connectivity index is 2.06. The lowest BCUT2D eigenvalue weighted by atomic mass is 10.3. The van der Waals surface area contributed by atoms with Crippen molar-refractivity contribution in [2.24, 2.45) is 0 Å². The van der Waals surface area contributed by atoms with E-state index in [2.05, 4.69) is 15.5 Å². The molecule has 16 heavy (non-hydrogen) atoms. The molecule has 0 saturated heterocycles. The van der Waals surface area contributed by atoms with Crippen LogP contribution in [-0.4, -0.2) is 16.1 Å². The molecule has 0 aliphatic carbocycles. The first-order valence-corrected chi connectivity index (χ1v) is 5.85. The fourth-order valence-corrected chi connectivity index (χ4v) is 1.83. The van der Waals surface area contributed by atoms with E-state index in [1.807, 2.05) is 24.4 Å². The molecular formula is C10H11N3O2S. The summed E-state index contributed by atoms with van der Waals surface area (Å²) in [6.45, 7) is 1.93. The number of rotatable bonds is 4. The van der Waals surface area contributed by atoms with Crippen molar-refractivity contribution < 1.29 is 9.21 Å². The Bertz CT molecular complexity index is 464. The smallest absolute Gasteiger partial charge is 0.322 e. The van der Waals surface area contributed by atoms with Crippen LogP contribution in [0.2, 0.25) is 0 Å². The quantitative estimate of drug-likeness (QED) is 0.887. The number of hydrogen-bond acceptors (Lipinski definition) is 5. The SMILES string of the molecule is CCCC(=O)Nc1nnc(-c2cccs2)o1.